The number of anilines is 1. The number of nitrogens with one attached hydrogen (secondary N) is 1. The van der Waals surface area contributed by atoms with Gasteiger partial charge in [0.2, 0.25) is 5.91 Å². The molecule has 0 aliphatic heterocycles. The Kier molecular flexibility index (Phi) is 6.08. The number of benzene rings is 2. The first-order valence-electron chi connectivity index (χ1n) is 6.58. The third kappa shape index (κ3) is 5.40. The number of rotatable bonds is 6. The molecule has 110 valence electrons. The average molecular weight is 369 g/mol. The monoisotopic (exact) mass is 367 g/mol. The van der Waals surface area contributed by atoms with E-state index in [0.29, 0.717) is 30.2 Å². The average Bonchev–Trinajstić information content (AvgIpc) is 2.46. The van der Waals surface area contributed by atoms with Gasteiger partial charge in [-0.25, -0.2) is 0 Å². The minimum Gasteiger partial charge on any atom is -0.494 e. The summed E-state index contributed by atoms with van der Waals surface area (Å²) in [6, 6.07) is 14.8. The molecular formula is C16H15BrClNO2. The Morgan fingerprint density at radius 3 is 2.76 bits per heavy atom. The third-order valence-electron chi connectivity index (χ3n) is 2.76. The van der Waals surface area contributed by atoms with Gasteiger partial charge in [0.1, 0.15) is 5.75 Å². The molecule has 0 radical (unpaired) electrons. The van der Waals surface area contributed by atoms with Gasteiger partial charge in [-0.1, -0.05) is 45.7 Å². The third-order valence-corrected chi connectivity index (χ3v) is 3.58. The first-order chi connectivity index (χ1) is 10.1. The zero-order chi connectivity index (χ0) is 15.1. The molecule has 2 rings (SSSR count). The van der Waals surface area contributed by atoms with Crippen LogP contribution >= 0.6 is 27.5 Å². The summed E-state index contributed by atoms with van der Waals surface area (Å²) < 4.78 is 6.54. The Bertz CT molecular complexity index is 619. The maximum absolute atomic E-state index is 11.8. The summed E-state index contributed by atoms with van der Waals surface area (Å²) in [5.41, 5.74) is 0.636. The van der Waals surface area contributed by atoms with Crippen LogP contribution in [0, 0.1) is 0 Å². The number of ether oxygens (including phenoxy) is 1. The second kappa shape index (κ2) is 8.05. The standard InChI is InChI=1S/C16H15BrClNO2/c17-12-5-3-6-13(11-12)21-10-4-9-16(20)19-15-8-2-1-7-14(15)18/h1-3,5-8,11H,4,9-10H2,(H,19,20). The van der Waals surface area contributed by atoms with Gasteiger partial charge in [0.05, 0.1) is 17.3 Å². The number of hydrogen-bond acceptors (Lipinski definition) is 2. The summed E-state index contributed by atoms with van der Waals surface area (Å²) >= 11 is 9.36. The Morgan fingerprint density at radius 1 is 1.19 bits per heavy atom. The lowest BCUT2D eigenvalue weighted by Gasteiger charge is -2.08. The molecule has 0 fully saturated rings. The molecule has 21 heavy (non-hydrogen) atoms. The number of carbonyl (C=O) groups excluding carboxylic acids is 1. The number of halogens is 2. The van der Waals surface area contributed by atoms with Gasteiger partial charge in [0.25, 0.3) is 0 Å². The van der Waals surface area contributed by atoms with E-state index >= 15 is 0 Å². The van der Waals surface area contributed by atoms with Gasteiger partial charge in [-0.15, -0.1) is 0 Å². The van der Waals surface area contributed by atoms with Crippen molar-refractivity contribution in [1.29, 1.82) is 0 Å². The van der Waals surface area contributed by atoms with Crippen LogP contribution in [0.1, 0.15) is 12.8 Å². The molecule has 1 amide bonds. The fourth-order valence-corrected chi connectivity index (χ4v) is 2.32. The maximum atomic E-state index is 11.8. The number of para-hydroxylation sites is 1. The normalized spacial score (nSPS) is 10.2. The quantitative estimate of drug-likeness (QED) is 0.736. The molecule has 0 unspecified atom stereocenters. The highest BCUT2D eigenvalue weighted by Gasteiger charge is 2.05. The molecular weight excluding hydrogens is 354 g/mol. The highest BCUT2D eigenvalue weighted by Crippen LogP contribution is 2.21. The Labute approximate surface area is 137 Å². The van der Waals surface area contributed by atoms with Crippen molar-refractivity contribution >= 4 is 39.1 Å². The molecule has 0 heterocycles. The predicted octanol–water partition coefficient (Wildman–Crippen LogP) is 4.90. The maximum Gasteiger partial charge on any atom is 0.224 e. The van der Waals surface area contributed by atoms with Crippen LogP contribution in [0.5, 0.6) is 5.75 Å². The fraction of sp³-hybridized carbons (Fsp3) is 0.188. The molecule has 3 nitrogen and oxygen atoms in total. The van der Waals surface area contributed by atoms with E-state index in [9.17, 15) is 4.79 Å². The molecule has 0 spiro atoms. The second-order valence-corrected chi connectivity index (χ2v) is 5.76. The van der Waals surface area contributed by atoms with E-state index in [-0.39, 0.29) is 5.91 Å². The largest absolute Gasteiger partial charge is 0.494 e. The molecule has 0 aromatic heterocycles. The van der Waals surface area contributed by atoms with Crippen molar-refractivity contribution in [3.63, 3.8) is 0 Å². The highest BCUT2D eigenvalue weighted by atomic mass is 79.9. The molecule has 2 aromatic rings. The van der Waals surface area contributed by atoms with E-state index in [4.69, 9.17) is 16.3 Å². The Balaban J connectivity index is 1.71. The molecule has 0 aliphatic rings. The lowest BCUT2D eigenvalue weighted by molar-refractivity contribution is -0.116. The molecule has 0 bridgehead atoms. The summed E-state index contributed by atoms with van der Waals surface area (Å²) in [4.78, 5) is 11.8. The van der Waals surface area contributed by atoms with Crippen LogP contribution in [0.3, 0.4) is 0 Å². The molecule has 1 N–H and O–H groups in total. The van der Waals surface area contributed by atoms with Crippen LogP contribution in [0.15, 0.2) is 53.0 Å². The van der Waals surface area contributed by atoms with E-state index in [1.165, 1.54) is 0 Å². The van der Waals surface area contributed by atoms with E-state index in [2.05, 4.69) is 21.2 Å². The molecule has 0 aliphatic carbocycles. The van der Waals surface area contributed by atoms with Crippen molar-refractivity contribution in [2.24, 2.45) is 0 Å². The summed E-state index contributed by atoms with van der Waals surface area (Å²) in [6.45, 7) is 0.492. The van der Waals surface area contributed by atoms with Gasteiger partial charge >= 0.3 is 0 Å². The van der Waals surface area contributed by atoms with Crippen molar-refractivity contribution < 1.29 is 9.53 Å². The first kappa shape index (κ1) is 15.9. The zero-order valence-corrected chi connectivity index (χ0v) is 13.7. The summed E-state index contributed by atoms with van der Waals surface area (Å²) in [6.07, 6.45) is 1.03. The summed E-state index contributed by atoms with van der Waals surface area (Å²) in [5.74, 6) is 0.719. The van der Waals surface area contributed by atoms with Crippen LogP contribution in [-0.4, -0.2) is 12.5 Å². The summed E-state index contributed by atoms with van der Waals surface area (Å²) in [5, 5.41) is 3.32. The van der Waals surface area contributed by atoms with Crippen molar-refractivity contribution in [2.75, 3.05) is 11.9 Å². The summed E-state index contributed by atoms with van der Waals surface area (Å²) in [7, 11) is 0. The van der Waals surface area contributed by atoms with Crippen LogP contribution in [0.25, 0.3) is 0 Å². The first-order valence-corrected chi connectivity index (χ1v) is 7.75. The lowest BCUT2D eigenvalue weighted by Crippen LogP contribution is -2.13. The highest BCUT2D eigenvalue weighted by molar-refractivity contribution is 9.10. The number of hydrogen-bond donors (Lipinski definition) is 1. The molecule has 0 atom stereocenters. The number of carbonyl (C=O) groups is 1. The Morgan fingerprint density at radius 2 is 2.00 bits per heavy atom. The zero-order valence-electron chi connectivity index (χ0n) is 11.3. The smallest absolute Gasteiger partial charge is 0.224 e. The fourth-order valence-electron chi connectivity index (χ4n) is 1.75. The lowest BCUT2D eigenvalue weighted by atomic mass is 10.2. The van der Waals surface area contributed by atoms with Crippen LogP contribution < -0.4 is 10.1 Å². The van der Waals surface area contributed by atoms with Gasteiger partial charge < -0.3 is 10.1 Å². The Hall–Kier alpha value is -1.52. The second-order valence-electron chi connectivity index (χ2n) is 4.44. The van der Waals surface area contributed by atoms with Crippen molar-refractivity contribution in [3.05, 3.63) is 58.0 Å². The molecule has 0 saturated heterocycles. The van der Waals surface area contributed by atoms with Crippen LogP contribution in [0.4, 0.5) is 5.69 Å². The van der Waals surface area contributed by atoms with Gasteiger partial charge in [0, 0.05) is 10.9 Å². The predicted molar refractivity (Wildman–Crippen MR) is 89.0 cm³/mol. The van der Waals surface area contributed by atoms with E-state index in [0.717, 1.165) is 10.2 Å². The van der Waals surface area contributed by atoms with E-state index < -0.39 is 0 Å². The van der Waals surface area contributed by atoms with E-state index in [1.54, 1.807) is 12.1 Å². The molecule has 5 heteroatoms. The van der Waals surface area contributed by atoms with Gasteiger partial charge in [-0.05, 0) is 36.8 Å². The topological polar surface area (TPSA) is 38.3 Å². The van der Waals surface area contributed by atoms with Crippen LogP contribution in [0.2, 0.25) is 5.02 Å². The molecule has 0 saturated carbocycles. The van der Waals surface area contributed by atoms with Gasteiger partial charge in [-0.2, -0.15) is 0 Å². The van der Waals surface area contributed by atoms with Gasteiger partial charge in [-0.3, -0.25) is 4.79 Å². The minimum atomic E-state index is -0.0686. The van der Waals surface area contributed by atoms with Crippen molar-refractivity contribution in [2.45, 2.75) is 12.8 Å². The molecule has 2 aromatic carbocycles. The number of amides is 1. The van der Waals surface area contributed by atoms with E-state index in [1.807, 2.05) is 36.4 Å². The van der Waals surface area contributed by atoms with Crippen molar-refractivity contribution in [3.8, 4) is 5.75 Å². The van der Waals surface area contributed by atoms with Crippen molar-refractivity contribution in [1.82, 2.24) is 0 Å². The van der Waals surface area contributed by atoms with Crippen LogP contribution in [-0.2, 0) is 4.79 Å². The van der Waals surface area contributed by atoms with Gasteiger partial charge in [0.15, 0.2) is 0 Å². The SMILES string of the molecule is O=C(CCCOc1cccc(Br)c1)Nc1ccccc1Cl. The minimum absolute atomic E-state index is 0.0686.